The molecule has 1 N–H and O–H groups in total. The minimum atomic E-state index is -0.646. The average Bonchev–Trinajstić information content (AvgIpc) is 2.93. The van der Waals surface area contributed by atoms with Gasteiger partial charge in [0.2, 0.25) is 0 Å². The third-order valence-corrected chi connectivity index (χ3v) is 4.01. The van der Waals surface area contributed by atoms with Crippen molar-refractivity contribution in [3.63, 3.8) is 0 Å². The SMILES string of the molecule is Cc1cccc(CCN=c2c([N+](=O)[O-])nn(-c3ccccc3C)n2O)c1. The number of hydrogen-bond donors (Lipinski definition) is 1. The first-order valence-electron chi connectivity index (χ1n) is 8.15. The Balaban J connectivity index is 1.98. The van der Waals surface area contributed by atoms with Gasteiger partial charge in [-0.05, 0) is 47.2 Å². The van der Waals surface area contributed by atoms with Crippen molar-refractivity contribution in [1.29, 1.82) is 0 Å². The van der Waals surface area contributed by atoms with E-state index in [0.29, 0.717) is 23.5 Å². The van der Waals surface area contributed by atoms with Crippen LogP contribution in [0.3, 0.4) is 0 Å². The molecular formula is C18H19N5O3. The third kappa shape index (κ3) is 3.49. The van der Waals surface area contributed by atoms with Gasteiger partial charge in [-0.15, -0.1) is 0 Å². The van der Waals surface area contributed by atoms with E-state index in [-0.39, 0.29) is 5.49 Å². The molecule has 0 radical (unpaired) electrons. The molecule has 0 bridgehead atoms. The molecule has 0 spiro atoms. The van der Waals surface area contributed by atoms with Crippen LogP contribution in [0.2, 0.25) is 0 Å². The van der Waals surface area contributed by atoms with Crippen molar-refractivity contribution in [2.75, 3.05) is 6.54 Å². The minimum absolute atomic E-state index is 0.175. The second-order valence-corrected chi connectivity index (χ2v) is 5.99. The van der Waals surface area contributed by atoms with Crippen LogP contribution in [0.1, 0.15) is 16.7 Å². The van der Waals surface area contributed by atoms with Gasteiger partial charge in [0.1, 0.15) is 5.69 Å². The number of hydrogen-bond acceptors (Lipinski definition) is 5. The predicted octanol–water partition coefficient (Wildman–Crippen LogP) is 2.58. The average molecular weight is 353 g/mol. The summed E-state index contributed by atoms with van der Waals surface area (Å²) in [5.41, 5.74) is 3.40. The molecule has 0 fully saturated rings. The smallest absolute Gasteiger partial charge is 0.409 e. The van der Waals surface area contributed by atoms with E-state index in [0.717, 1.165) is 21.5 Å². The maximum absolute atomic E-state index is 11.3. The fraction of sp³-hybridized carbons (Fsp3) is 0.222. The van der Waals surface area contributed by atoms with Crippen molar-refractivity contribution < 1.29 is 10.1 Å². The Bertz CT molecular complexity index is 1020. The Morgan fingerprint density at radius 2 is 1.96 bits per heavy atom. The summed E-state index contributed by atoms with van der Waals surface area (Å²) in [7, 11) is 0. The number of para-hydroxylation sites is 1. The van der Waals surface area contributed by atoms with Crippen molar-refractivity contribution >= 4 is 5.82 Å². The van der Waals surface area contributed by atoms with Gasteiger partial charge in [-0.3, -0.25) is 4.99 Å². The monoisotopic (exact) mass is 353 g/mol. The van der Waals surface area contributed by atoms with Gasteiger partial charge < -0.3 is 15.3 Å². The zero-order valence-corrected chi connectivity index (χ0v) is 14.5. The molecule has 8 heteroatoms. The molecular weight excluding hydrogens is 334 g/mol. The van der Waals surface area contributed by atoms with Crippen molar-refractivity contribution in [2.45, 2.75) is 20.3 Å². The highest BCUT2D eigenvalue weighted by atomic mass is 16.6. The standard InChI is InChI=1S/C18H19N5O3/c1-13-6-5-8-15(12-13)10-11-19-17-18(23(25)26)20-21(22(17)24)16-9-4-3-7-14(16)2/h3-9,12,24H,10-11H2,1-2H3. The Morgan fingerprint density at radius 3 is 2.65 bits per heavy atom. The van der Waals surface area contributed by atoms with Gasteiger partial charge in [0, 0.05) is 6.54 Å². The summed E-state index contributed by atoms with van der Waals surface area (Å²) in [4.78, 5) is 16.6. The van der Waals surface area contributed by atoms with Crippen molar-refractivity contribution in [3.05, 3.63) is 80.8 Å². The van der Waals surface area contributed by atoms with Gasteiger partial charge >= 0.3 is 5.82 Å². The first kappa shape index (κ1) is 17.4. The summed E-state index contributed by atoms with van der Waals surface area (Å²) in [5, 5.41) is 25.6. The molecule has 0 saturated carbocycles. The van der Waals surface area contributed by atoms with E-state index in [2.05, 4.69) is 10.1 Å². The van der Waals surface area contributed by atoms with E-state index < -0.39 is 10.7 Å². The lowest BCUT2D eigenvalue weighted by atomic mass is 10.1. The van der Waals surface area contributed by atoms with Gasteiger partial charge in [0.25, 0.3) is 5.49 Å². The van der Waals surface area contributed by atoms with Crippen LogP contribution in [-0.2, 0) is 6.42 Å². The maximum Gasteiger partial charge on any atom is 0.438 e. The second kappa shape index (κ2) is 7.22. The molecule has 0 saturated heterocycles. The maximum atomic E-state index is 11.3. The lowest BCUT2D eigenvalue weighted by molar-refractivity contribution is -0.391. The second-order valence-electron chi connectivity index (χ2n) is 5.99. The summed E-state index contributed by atoms with van der Waals surface area (Å²) in [6.07, 6.45) is 0.606. The number of nitro groups is 1. The molecule has 1 aromatic heterocycles. The molecule has 3 rings (SSSR count). The quantitative estimate of drug-likeness (QED) is 0.433. The van der Waals surface area contributed by atoms with E-state index in [1.807, 2.05) is 50.2 Å². The van der Waals surface area contributed by atoms with Gasteiger partial charge in [0.05, 0.1) is 5.10 Å². The molecule has 0 atom stereocenters. The van der Waals surface area contributed by atoms with Crippen LogP contribution in [-0.4, -0.2) is 31.4 Å². The highest BCUT2D eigenvalue weighted by Crippen LogP contribution is 2.13. The number of aryl methyl sites for hydroxylation is 2. The highest BCUT2D eigenvalue weighted by Gasteiger charge is 2.24. The fourth-order valence-electron chi connectivity index (χ4n) is 2.71. The summed E-state index contributed by atoms with van der Waals surface area (Å²) in [6.45, 7) is 4.13. The van der Waals surface area contributed by atoms with Crippen LogP contribution in [0.4, 0.5) is 5.82 Å². The van der Waals surface area contributed by atoms with Crippen LogP contribution in [0, 0.1) is 24.0 Å². The number of rotatable bonds is 5. The molecule has 3 aromatic rings. The molecule has 134 valence electrons. The van der Waals surface area contributed by atoms with Crippen LogP contribution in [0.15, 0.2) is 53.5 Å². The molecule has 26 heavy (non-hydrogen) atoms. The fourth-order valence-corrected chi connectivity index (χ4v) is 2.71. The van der Waals surface area contributed by atoms with Gasteiger partial charge in [-0.2, -0.15) is 0 Å². The van der Waals surface area contributed by atoms with Gasteiger partial charge in [0.15, 0.2) is 0 Å². The topological polar surface area (TPSA) is 98.5 Å². The summed E-state index contributed by atoms with van der Waals surface area (Å²) < 4.78 is 0. The summed E-state index contributed by atoms with van der Waals surface area (Å²) in [6, 6.07) is 15.1. The first-order valence-corrected chi connectivity index (χ1v) is 8.15. The zero-order valence-electron chi connectivity index (χ0n) is 14.5. The predicted molar refractivity (Wildman–Crippen MR) is 95.4 cm³/mol. The molecule has 2 aromatic carbocycles. The van der Waals surface area contributed by atoms with E-state index in [1.54, 1.807) is 12.1 Å². The van der Waals surface area contributed by atoms with Gasteiger partial charge in [-0.1, -0.05) is 52.9 Å². The number of nitrogens with zero attached hydrogens (tertiary/aromatic N) is 5. The van der Waals surface area contributed by atoms with E-state index >= 15 is 0 Å². The normalized spacial score (nSPS) is 11.7. The lowest BCUT2D eigenvalue weighted by Gasteiger charge is -2.03. The lowest BCUT2D eigenvalue weighted by Crippen LogP contribution is -2.23. The molecule has 0 aliphatic carbocycles. The zero-order chi connectivity index (χ0) is 18.7. The van der Waals surface area contributed by atoms with E-state index in [9.17, 15) is 15.3 Å². The molecule has 0 aliphatic heterocycles. The summed E-state index contributed by atoms with van der Waals surface area (Å²) >= 11 is 0. The van der Waals surface area contributed by atoms with Crippen LogP contribution >= 0.6 is 0 Å². The Morgan fingerprint density at radius 1 is 1.19 bits per heavy atom. The summed E-state index contributed by atoms with van der Waals surface area (Å²) in [5.74, 6) is -0.486. The largest absolute Gasteiger partial charge is 0.438 e. The van der Waals surface area contributed by atoms with Gasteiger partial charge in [-0.25, -0.2) is 0 Å². The Kier molecular flexibility index (Phi) is 4.83. The number of aromatic nitrogens is 3. The van der Waals surface area contributed by atoms with Crippen LogP contribution in [0.25, 0.3) is 5.69 Å². The minimum Gasteiger partial charge on any atom is -0.409 e. The third-order valence-electron chi connectivity index (χ3n) is 4.01. The van der Waals surface area contributed by atoms with Crippen molar-refractivity contribution in [1.82, 2.24) is 14.7 Å². The van der Waals surface area contributed by atoms with E-state index in [4.69, 9.17) is 0 Å². The van der Waals surface area contributed by atoms with Crippen LogP contribution < -0.4 is 5.49 Å². The Hall–Kier alpha value is -3.42. The highest BCUT2D eigenvalue weighted by molar-refractivity contribution is 5.38. The van der Waals surface area contributed by atoms with Crippen molar-refractivity contribution in [3.8, 4) is 5.69 Å². The van der Waals surface area contributed by atoms with Crippen molar-refractivity contribution in [2.24, 2.45) is 4.99 Å². The molecule has 0 unspecified atom stereocenters. The molecule has 0 amide bonds. The Labute approximate surface area is 149 Å². The molecule has 0 aliphatic rings. The number of benzene rings is 2. The van der Waals surface area contributed by atoms with Crippen LogP contribution in [0.5, 0.6) is 0 Å². The van der Waals surface area contributed by atoms with E-state index in [1.165, 1.54) is 0 Å². The molecule has 1 heterocycles. The molecule has 8 nitrogen and oxygen atoms in total. The first-order chi connectivity index (χ1) is 12.5.